The van der Waals surface area contributed by atoms with Crippen LogP contribution in [0.3, 0.4) is 0 Å². The number of carbonyl (C=O) groups excluding carboxylic acids is 1. The van der Waals surface area contributed by atoms with E-state index in [1.54, 1.807) is 5.12 Å². The van der Waals surface area contributed by atoms with Gasteiger partial charge in [0, 0.05) is 0 Å². The fraction of sp³-hybridized carbons (Fsp3) is 0.0667. The third kappa shape index (κ3) is 1.78. The molecule has 0 fully saturated rings. The van der Waals surface area contributed by atoms with Gasteiger partial charge in [-0.1, -0.05) is 30.3 Å². The minimum Gasteiger partial charge on any atom is -0.357 e. The Bertz CT molecular complexity index is 746. The smallest absolute Gasteiger partial charge is 0.272 e. The molecule has 2 aliphatic heterocycles. The van der Waals surface area contributed by atoms with Crippen LogP contribution in [0, 0.1) is 0 Å². The number of hydrazone groups is 1. The van der Waals surface area contributed by atoms with Crippen molar-refractivity contribution < 1.29 is 4.79 Å². The summed E-state index contributed by atoms with van der Waals surface area (Å²) in [5.41, 5.74) is 3.07. The number of nitrogens with one attached hydrogen (secondary N) is 1. The Balaban J connectivity index is 1.85. The molecular weight excluding hydrogens is 288 g/mol. The van der Waals surface area contributed by atoms with Crippen LogP contribution in [0.4, 0.5) is 17.1 Å². The van der Waals surface area contributed by atoms with E-state index in [1.165, 1.54) is 0 Å². The second-order valence-corrected chi connectivity index (χ2v) is 5.14. The van der Waals surface area contributed by atoms with Crippen molar-refractivity contribution in [1.29, 1.82) is 0 Å². The van der Waals surface area contributed by atoms with Crippen LogP contribution in [-0.4, -0.2) is 17.1 Å². The molecule has 2 heterocycles. The van der Waals surface area contributed by atoms with Crippen LogP contribution in [-0.2, 0) is 4.79 Å². The van der Waals surface area contributed by atoms with Gasteiger partial charge < -0.3 is 5.32 Å². The molecule has 21 heavy (non-hydrogen) atoms. The second kappa shape index (κ2) is 4.49. The number of halogens is 1. The molecule has 5 nitrogen and oxygen atoms in total. The number of para-hydroxylation sites is 3. The quantitative estimate of drug-likeness (QED) is 0.866. The van der Waals surface area contributed by atoms with E-state index in [2.05, 4.69) is 10.4 Å². The molecule has 1 N–H and O–H groups in total. The zero-order valence-electron chi connectivity index (χ0n) is 10.9. The number of rotatable bonds is 2. The molecule has 104 valence electrons. The Morgan fingerprint density at radius 2 is 1.81 bits per heavy atom. The summed E-state index contributed by atoms with van der Waals surface area (Å²) in [6, 6.07) is 17.5. The minimum absolute atomic E-state index is 0.289. The van der Waals surface area contributed by atoms with Crippen molar-refractivity contribution in [2.75, 3.05) is 15.4 Å². The average Bonchev–Trinajstić information content (AvgIpc) is 3.05. The summed E-state index contributed by atoms with van der Waals surface area (Å²) in [5, 5.41) is 10.7. The normalized spacial score (nSPS) is 18.9. The van der Waals surface area contributed by atoms with Gasteiger partial charge in [-0.15, -0.1) is 5.10 Å². The molecule has 0 amide bonds. The third-order valence-electron chi connectivity index (χ3n) is 3.54. The zero-order valence-corrected chi connectivity index (χ0v) is 11.7. The molecule has 0 radical (unpaired) electrons. The van der Waals surface area contributed by atoms with Gasteiger partial charge in [0.2, 0.25) is 0 Å². The van der Waals surface area contributed by atoms with Gasteiger partial charge in [0.1, 0.15) is 0 Å². The highest BCUT2D eigenvalue weighted by molar-refractivity contribution is 6.83. The topological polar surface area (TPSA) is 47.9 Å². The van der Waals surface area contributed by atoms with Crippen LogP contribution in [0.15, 0.2) is 59.7 Å². The van der Waals surface area contributed by atoms with Gasteiger partial charge in [-0.05, 0) is 35.9 Å². The van der Waals surface area contributed by atoms with Crippen LogP contribution in [0.1, 0.15) is 0 Å². The Morgan fingerprint density at radius 1 is 1.10 bits per heavy atom. The molecule has 2 aromatic rings. The van der Waals surface area contributed by atoms with Gasteiger partial charge in [0.15, 0.2) is 11.9 Å². The number of carbonyl (C=O) groups is 1. The van der Waals surface area contributed by atoms with Crippen molar-refractivity contribution in [2.45, 2.75) is 6.17 Å². The maximum Gasteiger partial charge on any atom is 0.272 e. The summed E-state index contributed by atoms with van der Waals surface area (Å²) in [6.45, 7) is 0. The molecule has 4 rings (SSSR count). The maximum absolute atomic E-state index is 11.7. The first-order valence-electron chi connectivity index (χ1n) is 6.54. The number of hydrazine groups is 1. The lowest BCUT2D eigenvalue weighted by molar-refractivity contribution is -0.106. The van der Waals surface area contributed by atoms with Crippen molar-refractivity contribution >= 4 is 39.6 Å². The first-order valence-corrected chi connectivity index (χ1v) is 6.92. The van der Waals surface area contributed by atoms with Gasteiger partial charge in [0.05, 0.1) is 17.1 Å². The lowest BCUT2D eigenvalue weighted by Crippen LogP contribution is -2.44. The van der Waals surface area contributed by atoms with Crippen LogP contribution in [0.2, 0.25) is 0 Å². The molecular formula is C15H11ClN4O. The highest BCUT2D eigenvalue weighted by Gasteiger charge is 2.44. The highest BCUT2D eigenvalue weighted by Crippen LogP contribution is 2.40. The molecule has 0 saturated heterocycles. The number of nitrogens with zero attached hydrogens (tertiary/aromatic N) is 3. The molecule has 0 saturated carbocycles. The minimum atomic E-state index is -0.552. The van der Waals surface area contributed by atoms with Gasteiger partial charge in [-0.3, -0.25) is 4.79 Å². The molecule has 0 bridgehead atoms. The SMILES string of the molecule is O=C(Cl)C1=NN(c2ccccc2)N2c3ccccc3NC12. The van der Waals surface area contributed by atoms with Crippen molar-refractivity contribution in [3.63, 3.8) is 0 Å². The molecule has 0 aliphatic carbocycles. The predicted molar refractivity (Wildman–Crippen MR) is 83.5 cm³/mol. The molecule has 6 heteroatoms. The van der Waals surface area contributed by atoms with E-state index in [0.717, 1.165) is 17.1 Å². The summed E-state index contributed by atoms with van der Waals surface area (Å²) in [5.74, 6) is 0. The van der Waals surface area contributed by atoms with Crippen molar-refractivity contribution in [1.82, 2.24) is 0 Å². The van der Waals surface area contributed by atoms with Crippen LogP contribution >= 0.6 is 11.6 Å². The van der Waals surface area contributed by atoms with Crippen molar-refractivity contribution in [3.8, 4) is 0 Å². The van der Waals surface area contributed by atoms with Gasteiger partial charge in [-0.25, -0.2) is 5.01 Å². The summed E-state index contributed by atoms with van der Waals surface area (Å²) in [4.78, 5) is 11.7. The first-order chi connectivity index (χ1) is 10.3. The van der Waals surface area contributed by atoms with E-state index in [0.29, 0.717) is 0 Å². The number of benzene rings is 2. The average molecular weight is 299 g/mol. The largest absolute Gasteiger partial charge is 0.357 e. The summed E-state index contributed by atoms with van der Waals surface area (Å²) in [7, 11) is 0. The fourth-order valence-electron chi connectivity index (χ4n) is 2.63. The van der Waals surface area contributed by atoms with Crippen molar-refractivity contribution in [3.05, 3.63) is 54.6 Å². The second-order valence-electron chi connectivity index (χ2n) is 4.79. The van der Waals surface area contributed by atoms with E-state index < -0.39 is 5.24 Å². The number of hydrogen-bond acceptors (Lipinski definition) is 5. The Labute approximate surface area is 126 Å². The Kier molecular flexibility index (Phi) is 2.62. The highest BCUT2D eigenvalue weighted by atomic mass is 35.5. The zero-order chi connectivity index (χ0) is 14.4. The summed E-state index contributed by atoms with van der Waals surface area (Å²) >= 11 is 5.68. The predicted octanol–water partition coefficient (Wildman–Crippen LogP) is 2.80. The van der Waals surface area contributed by atoms with E-state index in [-0.39, 0.29) is 11.9 Å². The van der Waals surface area contributed by atoms with E-state index in [9.17, 15) is 4.79 Å². The molecule has 1 unspecified atom stereocenters. The van der Waals surface area contributed by atoms with Crippen LogP contribution in [0.25, 0.3) is 0 Å². The number of hydrogen-bond donors (Lipinski definition) is 1. The molecule has 2 aliphatic rings. The van der Waals surface area contributed by atoms with E-state index in [1.807, 2.05) is 59.6 Å². The number of anilines is 3. The summed E-state index contributed by atoms with van der Waals surface area (Å²) < 4.78 is 0. The van der Waals surface area contributed by atoms with Crippen LogP contribution in [0.5, 0.6) is 0 Å². The van der Waals surface area contributed by atoms with E-state index >= 15 is 0 Å². The summed E-state index contributed by atoms with van der Waals surface area (Å²) in [6.07, 6.45) is -0.368. The molecule has 2 aromatic carbocycles. The van der Waals surface area contributed by atoms with E-state index in [4.69, 9.17) is 11.6 Å². The van der Waals surface area contributed by atoms with Gasteiger partial charge in [-0.2, -0.15) is 5.12 Å². The molecule has 1 atom stereocenters. The maximum atomic E-state index is 11.7. The molecule has 0 aromatic heterocycles. The fourth-order valence-corrected chi connectivity index (χ4v) is 2.77. The standard InChI is InChI=1S/C15H11ClN4O/c16-14(21)13-15-17-11-8-4-5-9-12(11)19(15)20(18-13)10-6-2-1-3-7-10/h1-9,15,17H. The monoisotopic (exact) mass is 298 g/mol. The molecule has 0 spiro atoms. The van der Waals surface area contributed by atoms with Crippen molar-refractivity contribution in [2.24, 2.45) is 5.10 Å². The van der Waals surface area contributed by atoms with Crippen LogP contribution < -0.4 is 15.4 Å². The number of fused-ring (bicyclic) bond motifs is 3. The Morgan fingerprint density at radius 3 is 2.57 bits per heavy atom. The lowest BCUT2D eigenvalue weighted by Gasteiger charge is -2.27. The van der Waals surface area contributed by atoms with Gasteiger partial charge in [0.25, 0.3) is 5.24 Å². The lowest BCUT2D eigenvalue weighted by atomic mass is 10.3. The third-order valence-corrected chi connectivity index (χ3v) is 3.74. The first kappa shape index (κ1) is 12.2. The van der Waals surface area contributed by atoms with Gasteiger partial charge >= 0.3 is 0 Å². The Hall–Kier alpha value is -2.53.